The molecule has 0 radical (unpaired) electrons. The smallest absolute Gasteiger partial charge is 0.185 e. The molecule has 0 spiro atoms. The van der Waals surface area contributed by atoms with Crippen LogP contribution in [-0.2, 0) is 0 Å². The Kier molecular flexibility index (Phi) is 4.73. The van der Waals surface area contributed by atoms with Gasteiger partial charge in [0.25, 0.3) is 0 Å². The largest absolute Gasteiger partial charge is 0.462 e. The normalized spacial score (nSPS) is 12.3. The number of halogens is 1. The number of nitrogen functional groups attached to an aromatic ring is 1. The maximum absolute atomic E-state index is 13.4. The predicted molar refractivity (Wildman–Crippen MR) is 83.2 cm³/mol. The second kappa shape index (κ2) is 6.71. The average Bonchev–Trinajstić information content (AvgIpc) is 2.89. The number of allylic oxidation sites excluding steroid dienone is 2. The number of ether oxygens (including phenoxy) is 1. The third kappa shape index (κ3) is 3.82. The molecule has 0 bridgehead atoms. The molecule has 0 aliphatic rings. The van der Waals surface area contributed by atoms with Gasteiger partial charge >= 0.3 is 0 Å². The molecule has 0 fully saturated rings. The molecule has 1 heterocycles. The number of nitrogens with zero attached hydrogens (tertiary/aromatic N) is 2. The van der Waals surface area contributed by atoms with Gasteiger partial charge in [0.15, 0.2) is 5.76 Å². The van der Waals surface area contributed by atoms with Gasteiger partial charge in [-0.2, -0.15) is 0 Å². The van der Waals surface area contributed by atoms with E-state index in [1.165, 1.54) is 18.3 Å². The molecule has 2 aromatic rings. The van der Waals surface area contributed by atoms with Crippen molar-refractivity contribution in [3.8, 4) is 5.75 Å². The highest BCUT2D eigenvalue weighted by atomic mass is 19.1. The van der Waals surface area contributed by atoms with E-state index in [-0.39, 0.29) is 5.69 Å². The Bertz CT molecular complexity index is 748. The molecule has 0 unspecified atom stereocenters. The lowest BCUT2D eigenvalue weighted by molar-refractivity contribution is 0.407. The van der Waals surface area contributed by atoms with Crippen LogP contribution in [0.1, 0.15) is 18.4 Å². The third-order valence-electron chi connectivity index (χ3n) is 2.70. The van der Waals surface area contributed by atoms with E-state index in [0.717, 1.165) is 5.69 Å². The van der Waals surface area contributed by atoms with E-state index in [2.05, 4.69) is 16.7 Å². The van der Waals surface area contributed by atoms with Crippen LogP contribution in [0.25, 0.3) is 0 Å². The van der Waals surface area contributed by atoms with Crippen molar-refractivity contribution in [2.75, 3.05) is 5.73 Å². The minimum atomic E-state index is -0.531. The maximum atomic E-state index is 13.4. The first kappa shape index (κ1) is 15.5. The van der Waals surface area contributed by atoms with Gasteiger partial charge in [-0.05, 0) is 26.0 Å². The Morgan fingerprint density at radius 2 is 2.23 bits per heavy atom. The lowest BCUT2D eigenvalue weighted by Crippen LogP contribution is -2.00. The van der Waals surface area contributed by atoms with E-state index in [9.17, 15) is 4.39 Å². The molecule has 0 aliphatic carbocycles. The van der Waals surface area contributed by atoms with Crippen LogP contribution in [0.3, 0.4) is 0 Å². The number of aliphatic imine (C=N–C) groups is 1. The molecule has 6 heteroatoms. The molecule has 5 nitrogen and oxygen atoms in total. The fourth-order valence-corrected chi connectivity index (χ4v) is 1.73. The first-order chi connectivity index (χ1) is 10.5. The van der Waals surface area contributed by atoms with Gasteiger partial charge in [-0.25, -0.2) is 4.39 Å². The van der Waals surface area contributed by atoms with Crippen molar-refractivity contribution >= 4 is 11.4 Å². The number of nitrogens with two attached hydrogens (primary N) is 1. The van der Waals surface area contributed by atoms with Gasteiger partial charge < -0.3 is 15.0 Å². The summed E-state index contributed by atoms with van der Waals surface area (Å²) in [5.41, 5.74) is 6.73. The number of rotatable bonds is 5. The molecule has 22 heavy (non-hydrogen) atoms. The van der Waals surface area contributed by atoms with Gasteiger partial charge in [-0.3, -0.25) is 4.99 Å². The average molecular weight is 301 g/mol. The quantitative estimate of drug-likeness (QED) is 0.520. The number of hydrogen-bond acceptors (Lipinski definition) is 5. The van der Waals surface area contributed by atoms with Crippen LogP contribution in [-0.4, -0.2) is 10.9 Å². The summed E-state index contributed by atoms with van der Waals surface area (Å²) >= 11 is 0. The predicted octanol–water partition coefficient (Wildman–Crippen LogP) is 3.62. The van der Waals surface area contributed by atoms with Crippen molar-refractivity contribution < 1.29 is 13.7 Å². The minimum Gasteiger partial charge on any atom is -0.462 e. The summed E-state index contributed by atoms with van der Waals surface area (Å²) in [5, 5.41) is 3.81. The fraction of sp³-hybridized carbons (Fsp3) is 0.125. The van der Waals surface area contributed by atoms with Crippen LogP contribution in [0.5, 0.6) is 5.75 Å². The van der Waals surface area contributed by atoms with E-state index < -0.39 is 5.82 Å². The van der Waals surface area contributed by atoms with E-state index in [1.807, 2.05) is 6.92 Å². The molecule has 2 rings (SSSR count). The number of anilines is 1. The maximum Gasteiger partial charge on any atom is 0.185 e. The lowest BCUT2D eigenvalue weighted by Gasteiger charge is -2.07. The van der Waals surface area contributed by atoms with E-state index in [4.69, 9.17) is 15.0 Å². The van der Waals surface area contributed by atoms with Crippen molar-refractivity contribution in [2.45, 2.75) is 13.8 Å². The summed E-state index contributed by atoms with van der Waals surface area (Å²) in [6.45, 7) is 7.09. The first-order valence-electron chi connectivity index (χ1n) is 6.53. The van der Waals surface area contributed by atoms with Crippen LogP contribution in [0, 0.1) is 12.7 Å². The summed E-state index contributed by atoms with van der Waals surface area (Å²) in [6, 6.07) is 5.99. The molecule has 0 atom stereocenters. The Labute approximate surface area is 127 Å². The highest BCUT2D eigenvalue weighted by molar-refractivity contribution is 6.07. The number of benzene rings is 1. The number of aromatic nitrogens is 1. The monoisotopic (exact) mass is 301 g/mol. The molecule has 0 aliphatic heterocycles. The summed E-state index contributed by atoms with van der Waals surface area (Å²) < 4.78 is 24.1. The zero-order chi connectivity index (χ0) is 16.1. The topological polar surface area (TPSA) is 73.6 Å². The fourth-order valence-electron chi connectivity index (χ4n) is 1.73. The van der Waals surface area contributed by atoms with Gasteiger partial charge in [-0.15, -0.1) is 0 Å². The van der Waals surface area contributed by atoms with E-state index >= 15 is 0 Å². The zero-order valence-electron chi connectivity index (χ0n) is 12.3. The Morgan fingerprint density at radius 3 is 2.82 bits per heavy atom. The van der Waals surface area contributed by atoms with Gasteiger partial charge in [0.2, 0.25) is 0 Å². The summed E-state index contributed by atoms with van der Waals surface area (Å²) in [5.74, 6) is 0.797. The van der Waals surface area contributed by atoms with Crippen LogP contribution >= 0.6 is 0 Å². The van der Waals surface area contributed by atoms with E-state index in [1.54, 1.807) is 25.1 Å². The summed E-state index contributed by atoms with van der Waals surface area (Å²) in [4.78, 5) is 4.12. The Hall–Kier alpha value is -2.89. The SMILES string of the molecule is C=CN=C(/C=C(\C)Oc1ccc(N)c(F)c1)c1cc(C)no1. The van der Waals surface area contributed by atoms with Gasteiger partial charge in [0, 0.05) is 24.4 Å². The molecular weight excluding hydrogens is 285 g/mol. The molecule has 0 saturated carbocycles. The van der Waals surface area contributed by atoms with Crippen LogP contribution in [0.15, 0.2) is 58.4 Å². The van der Waals surface area contributed by atoms with Crippen LogP contribution in [0.4, 0.5) is 10.1 Å². The van der Waals surface area contributed by atoms with Crippen molar-refractivity contribution in [2.24, 2.45) is 4.99 Å². The second-order valence-corrected chi connectivity index (χ2v) is 4.57. The van der Waals surface area contributed by atoms with Gasteiger partial charge in [0.1, 0.15) is 23.0 Å². The molecule has 2 N–H and O–H groups in total. The molecule has 0 saturated heterocycles. The molecule has 114 valence electrons. The Morgan fingerprint density at radius 1 is 1.45 bits per heavy atom. The number of hydrogen-bond donors (Lipinski definition) is 1. The number of aryl methyl sites for hydroxylation is 1. The highest BCUT2D eigenvalue weighted by Gasteiger charge is 2.09. The van der Waals surface area contributed by atoms with Crippen molar-refractivity contribution in [1.82, 2.24) is 5.16 Å². The lowest BCUT2D eigenvalue weighted by atomic mass is 10.2. The summed E-state index contributed by atoms with van der Waals surface area (Å²) in [7, 11) is 0. The molecule has 1 aromatic carbocycles. The molecule has 1 aromatic heterocycles. The summed E-state index contributed by atoms with van der Waals surface area (Å²) in [6.07, 6.45) is 3.04. The molecular formula is C16H16FN3O2. The van der Waals surface area contributed by atoms with Crippen LogP contribution < -0.4 is 10.5 Å². The third-order valence-corrected chi connectivity index (χ3v) is 2.70. The van der Waals surface area contributed by atoms with Crippen molar-refractivity contribution in [3.05, 3.63) is 66.2 Å². The second-order valence-electron chi connectivity index (χ2n) is 4.57. The van der Waals surface area contributed by atoms with Crippen molar-refractivity contribution in [3.63, 3.8) is 0 Å². The highest BCUT2D eigenvalue weighted by Crippen LogP contribution is 2.20. The standard InChI is InChI=1S/C16H16FN3O2/c1-4-19-15(16-7-10(2)20-22-16)8-11(3)21-12-5-6-14(18)13(17)9-12/h4-9H,1,18H2,2-3H3/b11-8+,19-15?. The zero-order valence-corrected chi connectivity index (χ0v) is 12.3. The first-order valence-corrected chi connectivity index (χ1v) is 6.53. The van der Waals surface area contributed by atoms with E-state index in [0.29, 0.717) is 23.0 Å². The van der Waals surface area contributed by atoms with Crippen LogP contribution in [0.2, 0.25) is 0 Å². The Balaban J connectivity index is 2.23. The van der Waals surface area contributed by atoms with Gasteiger partial charge in [-0.1, -0.05) is 11.7 Å². The van der Waals surface area contributed by atoms with Gasteiger partial charge in [0.05, 0.1) is 11.4 Å². The minimum absolute atomic E-state index is 0.0695. The van der Waals surface area contributed by atoms with Crippen molar-refractivity contribution in [1.29, 1.82) is 0 Å². The molecule has 0 amide bonds.